The molecule has 11 heteroatoms. The molecule has 0 bridgehead atoms. The van der Waals surface area contributed by atoms with Crippen molar-refractivity contribution in [2.45, 2.75) is 63.3 Å². The maximum atomic E-state index is 14.8. The average molecular weight is 509 g/mol. The Bertz CT molecular complexity index is 1050. The van der Waals surface area contributed by atoms with Crippen molar-refractivity contribution in [3.63, 3.8) is 0 Å². The standard InChI is InChI=1S/C23H29FN4O4S2/c1-12-19(34-11-26-12)15-7-5-14(6-8-15)9-25-21(31)18-17(24)16(30)10-28(18)22(32)20(23(3,4)33)27-13(2)29/h5-8,11,16-18,20,30,33H,9-10H2,1-4H3,(H,25,31)(H,27,29)/t16-,17-,18-,20?/m0/s1. The van der Waals surface area contributed by atoms with Crippen molar-refractivity contribution in [3.05, 3.63) is 41.0 Å². The molecule has 0 spiro atoms. The number of hydrogen-bond donors (Lipinski definition) is 4. The highest BCUT2D eigenvalue weighted by Crippen LogP contribution is 2.28. The Morgan fingerprint density at radius 2 is 1.97 bits per heavy atom. The van der Waals surface area contributed by atoms with Gasteiger partial charge in [0.15, 0.2) is 6.17 Å². The van der Waals surface area contributed by atoms with Gasteiger partial charge < -0.3 is 20.6 Å². The van der Waals surface area contributed by atoms with Crippen molar-refractivity contribution in [2.75, 3.05) is 6.54 Å². The molecular formula is C23H29FN4O4S2. The highest BCUT2D eigenvalue weighted by Gasteiger charge is 2.50. The van der Waals surface area contributed by atoms with Gasteiger partial charge >= 0.3 is 0 Å². The van der Waals surface area contributed by atoms with Gasteiger partial charge in [0.05, 0.1) is 22.6 Å². The van der Waals surface area contributed by atoms with Crippen LogP contribution in [0, 0.1) is 6.92 Å². The van der Waals surface area contributed by atoms with Gasteiger partial charge in [0.1, 0.15) is 18.2 Å². The van der Waals surface area contributed by atoms with Gasteiger partial charge in [0.2, 0.25) is 17.7 Å². The summed E-state index contributed by atoms with van der Waals surface area (Å²) in [6.07, 6.45) is -3.47. The molecule has 2 aromatic rings. The van der Waals surface area contributed by atoms with Gasteiger partial charge in [-0.05, 0) is 31.9 Å². The Balaban J connectivity index is 1.72. The number of alkyl halides is 1. The van der Waals surface area contributed by atoms with Gasteiger partial charge in [-0.3, -0.25) is 14.4 Å². The third kappa shape index (κ3) is 5.76. The Labute approximate surface area is 207 Å². The number of thiazole rings is 1. The van der Waals surface area contributed by atoms with Crippen LogP contribution >= 0.6 is 24.0 Å². The van der Waals surface area contributed by atoms with Gasteiger partial charge in [0, 0.05) is 18.2 Å². The zero-order valence-electron chi connectivity index (χ0n) is 19.4. The van der Waals surface area contributed by atoms with E-state index in [0.29, 0.717) is 0 Å². The first kappa shape index (κ1) is 26.1. The van der Waals surface area contributed by atoms with Crippen molar-refractivity contribution in [1.29, 1.82) is 0 Å². The second-order valence-electron chi connectivity index (χ2n) is 8.92. The molecule has 2 heterocycles. The number of carbonyl (C=O) groups excluding carboxylic acids is 3. The lowest BCUT2D eigenvalue weighted by molar-refractivity contribution is -0.142. The fourth-order valence-corrected chi connectivity index (χ4v) is 4.85. The molecule has 1 aliphatic heterocycles. The first-order chi connectivity index (χ1) is 15.9. The van der Waals surface area contributed by atoms with Crippen LogP contribution in [-0.2, 0) is 20.9 Å². The first-order valence-corrected chi connectivity index (χ1v) is 12.1. The maximum Gasteiger partial charge on any atom is 0.247 e. The Hall–Kier alpha value is -2.50. The van der Waals surface area contributed by atoms with Crippen LogP contribution in [0.15, 0.2) is 29.8 Å². The quantitative estimate of drug-likeness (QED) is 0.427. The highest BCUT2D eigenvalue weighted by molar-refractivity contribution is 7.81. The van der Waals surface area contributed by atoms with Crippen molar-refractivity contribution in [1.82, 2.24) is 20.5 Å². The van der Waals surface area contributed by atoms with Gasteiger partial charge in [-0.25, -0.2) is 9.37 Å². The predicted molar refractivity (Wildman–Crippen MR) is 131 cm³/mol. The number of aryl methyl sites for hydroxylation is 1. The van der Waals surface area contributed by atoms with Crippen LogP contribution in [0.25, 0.3) is 10.4 Å². The molecule has 3 amide bonds. The molecule has 1 fully saturated rings. The lowest BCUT2D eigenvalue weighted by Crippen LogP contribution is -2.59. The van der Waals surface area contributed by atoms with Crippen molar-refractivity contribution < 1.29 is 23.9 Å². The molecule has 3 N–H and O–H groups in total. The number of nitrogens with one attached hydrogen (secondary N) is 2. The van der Waals surface area contributed by atoms with Gasteiger partial charge in [-0.1, -0.05) is 24.3 Å². The van der Waals surface area contributed by atoms with Crippen molar-refractivity contribution in [3.8, 4) is 10.4 Å². The van der Waals surface area contributed by atoms with Gasteiger partial charge in [-0.2, -0.15) is 12.6 Å². The molecule has 1 saturated heterocycles. The second-order valence-corrected chi connectivity index (χ2v) is 10.9. The summed E-state index contributed by atoms with van der Waals surface area (Å²) in [5.74, 6) is -1.87. The molecule has 1 unspecified atom stereocenters. The topological polar surface area (TPSA) is 112 Å². The zero-order valence-corrected chi connectivity index (χ0v) is 21.1. The minimum Gasteiger partial charge on any atom is -0.388 e. The number of nitrogens with zero attached hydrogens (tertiary/aromatic N) is 2. The molecule has 3 rings (SSSR count). The van der Waals surface area contributed by atoms with Crippen molar-refractivity contribution >= 4 is 41.7 Å². The van der Waals surface area contributed by atoms with Crippen LogP contribution < -0.4 is 10.6 Å². The molecule has 8 nitrogen and oxygen atoms in total. The molecule has 184 valence electrons. The Morgan fingerprint density at radius 1 is 1.32 bits per heavy atom. The summed E-state index contributed by atoms with van der Waals surface area (Å²) in [6, 6.07) is 4.91. The van der Waals surface area contributed by atoms with Crippen LogP contribution in [-0.4, -0.2) is 68.4 Å². The second kappa shape index (κ2) is 10.4. The van der Waals surface area contributed by atoms with Crippen LogP contribution in [0.4, 0.5) is 4.39 Å². The van der Waals surface area contributed by atoms with Gasteiger partial charge in [0.25, 0.3) is 0 Å². The smallest absolute Gasteiger partial charge is 0.247 e. The van der Waals surface area contributed by atoms with E-state index < -0.39 is 46.8 Å². The van der Waals surface area contributed by atoms with E-state index in [2.05, 4.69) is 28.2 Å². The number of benzene rings is 1. The Morgan fingerprint density at radius 3 is 2.50 bits per heavy atom. The van der Waals surface area contributed by atoms with E-state index in [-0.39, 0.29) is 13.1 Å². The number of hydrogen-bond acceptors (Lipinski definition) is 7. The monoisotopic (exact) mass is 508 g/mol. The molecule has 0 saturated carbocycles. The number of likely N-dealkylation sites (tertiary alicyclic amines) is 1. The molecule has 1 aromatic heterocycles. The molecule has 1 aromatic carbocycles. The molecule has 34 heavy (non-hydrogen) atoms. The third-order valence-corrected chi connectivity index (χ3v) is 6.91. The molecule has 0 radical (unpaired) electrons. The number of halogens is 1. The largest absolute Gasteiger partial charge is 0.388 e. The number of amides is 3. The van der Waals surface area contributed by atoms with E-state index in [1.54, 1.807) is 19.4 Å². The summed E-state index contributed by atoms with van der Waals surface area (Å²) in [5.41, 5.74) is 4.51. The van der Waals surface area contributed by atoms with E-state index in [0.717, 1.165) is 26.6 Å². The molecule has 1 aliphatic rings. The SMILES string of the molecule is CC(=O)NC(C(=O)N1C[C@H](O)[C@H](F)[C@H]1C(=O)NCc1ccc(-c2scnc2C)cc1)C(C)(C)S. The number of aliphatic hydroxyl groups excluding tert-OH is 1. The van der Waals surface area contributed by atoms with Crippen LogP contribution in [0.3, 0.4) is 0 Å². The normalized spacial score (nSPS) is 21.3. The number of carbonyl (C=O) groups is 3. The lowest BCUT2D eigenvalue weighted by atomic mass is 10.0. The highest BCUT2D eigenvalue weighted by atomic mass is 32.1. The molecular weight excluding hydrogens is 479 g/mol. The van der Waals surface area contributed by atoms with E-state index >= 15 is 0 Å². The summed E-state index contributed by atoms with van der Waals surface area (Å²) in [4.78, 5) is 44.0. The average Bonchev–Trinajstić information content (AvgIpc) is 3.32. The van der Waals surface area contributed by atoms with Gasteiger partial charge in [-0.15, -0.1) is 11.3 Å². The fourth-order valence-electron chi connectivity index (χ4n) is 3.87. The van der Waals surface area contributed by atoms with Crippen LogP contribution in [0.2, 0.25) is 0 Å². The van der Waals surface area contributed by atoms with E-state index in [1.807, 2.05) is 31.2 Å². The maximum absolute atomic E-state index is 14.8. The number of thiol groups is 1. The van der Waals surface area contributed by atoms with E-state index in [1.165, 1.54) is 18.3 Å². The summed E-state index contributed by atoms with van der Waals surface area (Å²) < 4.78 is 13.8. The first-order valence-electron chi connectivity index (χ1n) is 10.8. The molecule has 4 atom stereocenters. The number of rotatable bonds is 7. The Kier molecular flexibility index (Phi) is 7.99. The molecule has 0 aliphatic carbocycles. The summed E-state index contributed by atoms with van der Waals surface area (Å²) in [5, 5.41) is 15.3. The summed E-state index contributed by atoms with van der Waals surface area (Å²) in [7, 11) is 0. The minimum absolute atomic E-state index is 0.120. The number of aliphatic hydroxyl groups is 1. The predicted octanol–water partition coefficient (Wildman–Crippen LogP) is 1.86. The zero-order chi connectivity index (χ0) is 25.2. The summed E-state index contributed by atoms with van der Waals surface area (Å²) >= 11 is 5.93. The van der Waals surface area contributed by atoms with Crippen molar-refractivity contribution in [2.24, 2.45) is 0 Å². The number of β-amino-alcohol motifs (C(OH)–C–C–N with tert-alkyl or cyclic N) is 1. The lowest BCUT2D eigenvalue weighted by Gasteiger charge is -2.34. The number of aromatic nitrogens is 1. The third-order valence-electron chi connectivity index (χ3n) is 5.67. The van der Waals surface area contributed by atoms with Crippen LogP contribution in [0.1, 0.15) is 32.0 Å². The van der Waals surface area contributed by atoms with E-state index in [9.17, 15) is 23.9 Å². The minimum atomic E-state index is -1.96. The van der Waals surface area contributed by atoms with E-state index in [4.69, 9.17) is 0 Å². The fraction of sp³-hybridized carbons (Fsp3) is 0.478. The summed E-state index contributed by atoms with van der Waals surface area (Å²) in [6.45, 7) is 6.20. The van der Waals surface area contributed by atoms with Crippen LogP contribution in [0.5, 0.6) is 0 Å².